The van der Waals surface area contributed by atoms with Crippen molar-refractivity contribution in [3.8, 4) is 0 Å². The molecule has 2 fully saturated rings. The maximum atomic E-state index is 15.8. The minimum atomic E-state index is -1.29. The number of ketones is 1. The molecule has 2 aliphatic heterocycles. The molecule has 3 N–H and O–H groups in total. The summed E-state index contributed by atoms with van der Waals surface area (Å²) in [6, 6.07) is 8.35. The smallest absolute Gasteiger partial charge is 0.238 e. The fraction of sp³-hybridized carbons (Fsp3) is 0.483. The Hall–Kier alpha value is -2.48. The SMILES string of the molecule is CC(C)(C)C[C@H]1N[C@@H](C(=O)NC2CCC(=O)CC2)[C@H](c2cccc(Cl)c2F)[C@@]12C(=O)Nc1cc(Cl)ccc12. The summed E-state index contributed by atoms with van der Waals surface area (Å²) in [4.78, 5) is 39.8. The van der Waals surface area contributed by atoms with E-state index in [0.29, 0.717) is 48.4 Å². The summed E-state index contributed by atoms with van der Waals surface area (Å²) in [5.41, 5.74) is -0.0620. The molecule has 2 heterocycles. The number of halogens is 3. The van der Waals surface area contributed by atoms with Gasteiger partial charge in [-0.2, -0.15) is 0 Å². The van der Waals surface area contributed by atoms with Crippen LogP contribution < -0.4 is 16.0 Å². The minimum absolute atomic E-state index is 0.0726. The highest BCUT2D eigenvalue weighted by Crippen LogP contribution is 2.57. The van der Waals surface area contributed by atoms with Crippen LogP contribution in [0.1, 0.15) is 69.9 Å². The first-order chi connectivity index (χ1) is 17.9. The molecule has 6 nitrogen and oxygen atoms in total. The van der Waals surface area contributed by atoms with Crippen LogP contribution in [0.25, 0.3) is 0 Å². The van der Waals surface area contributed by atoms with Crippen molar-refractivity contribution in [3.05, 3.63) is 63.4 Å². The number of fused-ring (bicyclic) bond motifs is 2. The predicted molar refractivity (Wildman–Crippen MR) is 146 cm³/mol. The summed E-state index contributed by atoms with van der Waals surface area (Å²) in [6.45, 7) is 6.21. The molecule has 2 aromatic carbocycles. The second kappa shape index (κ2) is 9.92. The second-order valence-electron chi connectivity index (χ2n) is 11.9. The van der Waals surface area contributed by atoms with Crippen LogP contribution in [0.4, 0.5) is 10.1 Å². The van der Waals surface area contributed by atoms with Gasteiger partial charge in [0, 0.05) is 41.6 Å². The third kappa shape index (κ3) is 4.63. The fourth-order valence-corrected chi connectivity index (χ4v) is 6.88. The van der Waals surface area contributed by atoms with Gasteiger partial charge in [-0.25, -0.2) is 4.39 Å². The van der Waals surface area contributed by atoms with Crippen LogP contribution in [0.5, 0.6) is 0 Å². The third-order valence-electron chi connectivity index (χ3n) is 8.11. The van der Waals surface area contributed by atoms with Gasteiger partial charge in [0.15, 0.2) is 0 Å². The Bertz CT molecular complexity index is 1300. The van der Waals surface area contributed by atoms with Crippen molar-refractivity contribution >= 4 is 46.5 Å². The molecule has 1 aliphatic carbocycles. The Labute approximate surface area is 232 Å². The lowest BCUT2D eigenvalue weighted by molar-refractivity contribution is -0.126. The highest BCUT2D eigenvalue weighted by atomic mass is 35.5. The summed E-state index contributed by atoms with van der Waals surface area (Å²) in [5.74, 6) is -1.97. The number of carbonyl (C=O) groups is 3. The summed E-state index contributed by atoms with van der Waals surface area (Å²) >= 11 is 12.5. The third-order valence-corrected chi connectivity index (χ3v) is 8.64. The molecule has 2 aromatic rings. The average Bonchev–Trinajstić information content (AvgIpc) is 3.31. The Morgan fingerprint density at radius 1 is 1.13 bits per heavy atom. The van der Waals surface area contributed by atoms with Gasteiger partial charge in [-0.05, 0) is 54.0 Å². The van der Waals surface area contributed by atoms with Crippen molar-refractivity contribution < 1.29 is 18.8 Å². The molecule has 9 heteroatoms. The van der Waals surface area contributed by atoms with E-state index in [1.54, 1.807) is 30.3 Å². The van der Waals surface area contributed by atoms with Crippen molar-refractivity contribution in [2.24, 2.45) is 5.41 Å². The molecule has 38 heavy (non-hydrogen) atoms. The Balaban J connectivity index is 1.68. The highest BCUT2D eigenvalue weighted by Gasteiger charge is 2.66. The maximum absolute atomic E-state index is 15.8. The summed E-state index contributed by atoms with van der Waals surface area (Å²) in [5, 5.41) is 9.94. The van der Waals surface area contributed by atoms with Crippen molar-refractivity contribution in [2.45, 2.75) is 82.3 Å². The first kappa shape index (κ1) is 27.1. The minimum Gasteiger partial charge on any atom is -0.352 e. The van der Waals surface area contributed by atoms with Crippen molar-refractivity contribution in [2.75, 3.05) is 5.32 Å². The van der Waals surface area contributed by atoms with E-state index in [1.165, 1.54) is 6.07 Å². The van der Waals surface area contributed by atoms with Crippen LogP contribution in [0.2, 0.25) is 10.0 Å². The van der Waals surface area contributed by atoms with Crippen LogP contribution in [0, 0.1) is 11.2 Å². The molecule has 0 aromatic heterocycles. The zero-order chi connectivity index (χ0) is 27.4. The lowest BCUT2D eigenvalue weighted by Gasteiger charge is -2.37. The van der Waals surface area contributed by atoms with E-state index in [1.807, 2.05) is 0 Å². The molecule has 1 spiro atoms. The number of hydrogen-bond acceptors (Lipinski definition) is 4. The number of rotatable bonds is 4. The summed E-state index contributed by atoms with van der Waals surface area (Å²) in [7, 11) is 0. The normalized spacial score (nSPS) is 27.5. The molecule has 0 radical (unpaired) electrons. The van der Waals surface area contributed by atoms with Crippen LogP contribution in [0.3, 0.4) is 0 Å². The summed E-state index contributed by atoms with van der Waals surface area (Å²) < 4.78 is 15.8. The summed E-state index contributed by atoms with van der Waals surface area (Å²) in [6.07, 6.45) is 2.51. The van der Waals surface area contributed by atoms with Crippen LogP contribution in [0.15, 0.2) is 36.4 Å². The number of benzene rings is 2. The highest BCUT2D eigenvalue weighted by molar-refractivity contribution is 6.31. The van der Waals surface area contributed by atoms with Gasteiger partial charge < -0.3 is 16.0 Å². The molecule has 2 amide bonds. The molecule has 1 saturated carbocycles. The number of hydrogen-bond donors (Lipinski definition) is 3. The Kier molecular flexibility index (Phi) is 7.08. The van der Waals surface area contributed by atoms with E-state index in [0.717, 1.165) is 0 Å². The molecule has 202 valence electrons. The lowest BCUT2D eigenvalue weighted by Crippen LogP contribution is -2.49. The monoisotopic (exact) mass is 559 g/mol. The first-order valence-corrected chi connectivity index (χ1v) is 13.8. The van der Waals surface area contributed by atoms with E-state index in [2.05, 4.69) is 36.7 Å². The van der Waals surface area contributed by atoms with Crippen LogP contribution in [-0.2, 0) is 19.8 Å². The average molecular weight is 560 g/mol. The quantitative estimate of drug-likeness (QED) is 0.460. The number of anilines is 1. The number of Topliss-reactive ketones (excluding diaryl/α,β-unsaturated/α-hetero) is 1. The first-order valence-electron chi connectivity index (χ1n) is 13.1. The van der Waals surface area contributed by atoms with Gasteiger partial charge in [-0.3, -0.25) is 14.4 Å². The molecule has 0 unspecified atom stereocenters. The largest absolute Gasteiger partial charge is 0.352 e. The van der Waals surface area contributed by atoms with Gasteiger partial charge in [-0.1, -0.05) is 62.2 Å². The number of carbonyl (C=O) groups excluding carboxylic acids is 3. The number of amides is 2. The van der Waals surface area contributed by atoms with E-state index < -0.39 is 29.2 Å². The van der Waals surface area contributed by atoms with Gasteiger partial charge in [-0.15, -0.1) is 0 Å². The van der Waals surface area contributed by atoms with Crippen molar-refractivity contribution in [1.82, 2.24) is 10.6 Å². The predicted octanol–water partition coefficient (Wildman–Crippen LogP) is 5.51. The molecular formula is C29H32Cl2FN3O3. The van der Waals surface area contributed by atoms with Crippen LogP contribution >= 0.6 is 23.2 Å². The molecule has 4 atom stereocenters. The fourth-order valence-electron chi connectivity index (χ4n) is 6.53. The molecule has 0 bridgehead atoms. The zero-order valence-corrected chi connectivity index (χ0v) is 23.2. The second-order valence-corrected chi connectivity index (χ2v) is 12.8. The molecule has 3 aliphatic rings. The molecule has 1 saturated heterocycles. The molecule has 5 rings (SSSR count). The van der Waals surface area contributed by atoms with Crippen molar-refractivity contribution in [1.29, 1.82) is 0 Å². The van der Waals surface area contributed by atoms with Gasteiger partial charge in [0.25, 0.3) is 0 Å². The van der Waals surface area contributed by atoms with Gasteiger partial charge in [0.2, 0.25) is 11.8 Å². The van der Waals surface area contributed by atoms with Crippen molar-refractivity contribution in [3.63, 3.8) is 0 Å². The standard InChI is InChI=1S/C29H32Cl2FN3O3/c1-28(2,3)14-22-29(19-12-7-15(30)13-21(19)34-27(29)38)23(18-5-4-6-20(31)24(18)32)25(35-22)26(37)33-16-8-10-17(36)11-9-16/h4-7,12-13,16,22-23,25,35H,8-11,14H2,1-3H3,(H,33,37)(H,34,38)/t22-,23+,25-,29+/m1/s1. The van der Waals surface area contributed by atoms with Gasteiger partial charge >= 0.3 is 0 Å². The molecular weight excluding hydrogens is 528 g/mol. The van der Waals surface area contributed by atoms with E-state index >= 15 is 4.39 Å². The Morgan fingerprint density at radius 3 is 2.53 bits per heavy atom. The topological polar surface area (TPSA) is 87.3 Å². The lowest BCUT2D eigenvalue weighted by atomic mass is 9.62. The van der Waals surface area contributed by atoms with Crippen LogP contribution in [-0.4, -0.2) is 35.7 Å². The Morgan fingerprint density at radius 2 is 1.84 bits per heavy atom. The zero-order valence-electron chi connectivity index (χ0n) is 21.7. The van der Waals surface area contributed by atoms with Gasteiger partial charge in [0.1, 0.15) is 17.0 Å². The van der Waals surface area contributed by atoms with E-state index in [-0.39, 0.29) is 39.6 Å². The van der Waals surface area contributed by atoms with E-state index in [4.69, 9.17) is 23.2 Å². The number of nitrogens with one attached hydrogen (secondary N) is 3. The van der Waals surface area contributed by atoms with Gasteiger partial charge in [0.05, 0.1) is 11.1 Å². The maximum Gasteiger partial charge on any atom is 0.238 e. The van der Waals surface area contributed by atoms with E-state index in [9.17, 15) is 14.4 Å².